The van der Waals surface area contributed by atoms with Crippen molar-refractivity contribution in [2.24, 2.45) is 0 Å². The lowest BCUT2D eigenvalue weighted by Crippen LogP contribution is -2.45. The summed E-state index contributed by atoms with van der Waals surface area (Å²) in [6.07, 6.45) is 5.16. The first-order chi connectivity index (χ1) is 7.77. The summed E-state index contributed by atoms with van der Waals surface area (Å²) in [5.74, 6) is -0.144. The van der Waals surface area contributed by atoms with Crippen LogP contribution in [0.4, 0.5) is 0 Å². The topological polar surface area (TPSA) is 45.2 Å². The summed E-state index contributed by atoms with van der Waals surface area (Å²) in [5.41, 5.74) is 3.32. The van der Waals surface area contributed by atoms with Gasteiger partial charge in [0.2, 0.25) is 0 Å². The zero-order valence-electron chi connectivity index (χ0n) is 8.95. The lowest BCUT2D eigenvalue weighted by atomic mass is 10.2. The Kier molecular flexibility index (Phi) is 3.90. The molecule has 1 aromatic rings. The van der Waals surface area contributed by atoms with E-state index in [-0.39, 0.29) is 5.91 Å². The van der Waals surface area contributed by atoms with Crippen LogP contribution < -0.4 is 5.43 Å². The first-order valence-corrected chi connectivity index (χ1v) is 6.23. The number of halogens is 1. The van der Waals surface area contributed by atoms with Gasteiger partial charge >= 0.3 is 0 Å². The molecule has 1 aliphatic rings. The summed E-state index contributed by atoms with van der Waals surface area (Å²) < 4.78 is 0.726. The smallest absolute Gasteiger partial charge is 0.283 e. The Bertz CT molecular complexity index is 377. The average molecular weight is 284 g/mol. The minimum Gasteiger partial charge on any atom is -0.283 e. The van der Waals surface area contributed by atoms with E-state index in [0.29, 0.717) is 5.69 Å². The van der Waals surface area contributed by atoms with Crippen LogP contribution in [0.2, 0.25) is 0 Å². The molecule has 1 aromatic heterocycles. The van der Waals surface area contributed by atoms with Crippen LogP contribution >= 0.6 is 15.9 Å². The van der Waals surface area contributed by atoms with E-state index >= 15 is 0 Å². The first-order valence-electron chi connectivity index (χ1n) is 5.44. The number of amides is 1. The van der Waals surface area contributed by atoms with E-state index in [9.17, 15) is 4.79 Å². The van der Waals surface area contributed by atoms with Crippen LogP contribution in [-0.4, -0.2) is 29.0 Å². The summed E-state index contributed by atoms with van der Waals surface area (Å²) in [7, 11) is 0. The van der Waals surface area contributed by atoms with Gasteiger partial charge in [0.25, 0.3) is 5.91 Å². The molecule has 0 aliphatic carbocycles. The quantitative estimate of drug-likeness (QED) is 0.903. The van der Waals surface area contributed by atoms with Gasteiger partial charge in [-0.05, 0) is 40.9 Å². The third kappa shape index (κ3) is 2.80. The molecule has 0 bridgehead atoms. The molecule has 0 aromatic carbocycles. The number of carbonyl (C=O) groups excluding carboxylic acids is 1. The van der Waals surface area contributed by atoms with Crippen molar-refractivity contribution in [3.05, 3.63) is 28.5 Å². The Labute approximate surface area is 103 Å². The number of nitrogens with one attached hydrogen (secondary N) is 1. The number of rotatable bonds is 2. The fourth-order valence-electron chi connectivity index (χ4n) is 1.76. The van der Waals surface area contributed by atoms with Gasteiger partial charge in [-0.1, -0.05) is 6.42 Å². The molecule has 0 unspecified atom stereocenters. The highest BCUT2D eigenvalue weighted by molar-refractivity contribution is 9.10. The van der Waals surface area contributed by atoms with Gasteiger partial charge in [0.15, 0.2) is 0 Å². The van der Waals surface area contributed by atoms with Crippen molar-refractivity contribution in [2.45, 2.75) is 19.3 Å². The predicted octanol–water partition coefficient (Wildman–Crippen LogP) is 1.97. The number of hydrazine groups is 1. The van der Waals surface area contributed by atoms with Crippen molar-refractivity contribution in [3.63, 3.8) is 0 Å². The summed E-state index contributed by atoms with van der Waals surface area (Å²) in [5, 5.41) is 1.97. The molecule has 1 saturated heterocycles. The molecule has 0 atom stereocenters. The maximum absolute atomic E-state index is 11.9. The zero-order chi connectivity index (χ0) is 11.4. The molecule has 1 amide bonds. The highest BCUT2D eigenvalue weighted by Crippen LogP contribution is 2.13. The summed E-state index contributed by atoms with van der Waals surface area (Å²) in [4.78, 5) is 15.9. The molecule has 1 fully saturated rings. The van der Waals surface area contributed by atoms with Crippen molar-refractivity contribution in [1.82, 2.24) is 15.4 Å². The zero-order valence-corrected chi connectivity index (χ0v) is 10.5. The number of hydrogen-bond donors (Lipinski definition) is 1. The molecule has 86 valence electrons. The highest BCUT2D eigenvalue weighted by atomic mass is 79.9. The number of aromatic nitrogens is 1. The van der Waals surface area contributed by atoms with Crippen LogP contribution in [0.3, 0.4) is 0 Å². The lowest BCUT2D eigenvalue weighted by molar-refractivity contribution is 0.0744. The van der Waals surface area contributed by atoms with Gasteiger partial charge in [-0.25, -0.2) is 9.99 Å². The third-order valence-electron chi connectivity index (χ3n) is 2.59. The minimum absolute atomic E-state index is 0.144. The van der Waals surface area contributed by atoms with E-state index in [0.717, 1.165) is 30.4 Å². The van der Waals surface area contributed by atoms with Crippen LogP contribution in [-0.2, 0) is 0 Å². The third-order valence-corrected chi connectivity index (χ3v) is 3.23. The predicted molar refractivity (Wildman–Crippen MR) is 64.8 cm³/mol. The van der Waals surface area contributed by atoms with Crippen LogP contribution in [0, 0.1) is 0 Å². The Balaban J connectivity index is 2.00. The molecule has 2 heterocycles. The van der Waals surface area contributed by atoms with Gasteiger partial charge in [-0.15, -0.1) is 0 Å². The Morgan fingerprint density at radius 1 is 1.38 bits per heavy atom. The van der Waals surface area contributed by atoms with Crippen molar-refractivity contribution < 1.29 is 4.79 Å². The molecule has 2 rings (SSSR count). The molecule has 1 aliphatic heterocycles. The van der Waals surface area contributed by atoms with Crippen LogP contribution in [0.1, 0.15) is 29.8 Å². The maximum atomic E-state index is 11.9. The van der Waals surface area contributed by atoms with E-state index in [1.165, 1.54) is 6.42 Å². The van der Waals surface area contributed by atoms with E-state index in [1.807, 2.05) is 11.1 Å². The summed E-state index contributed by atoms with van der Waals surface area (Å²) in [6, 6.07) is 3.61. The van der Waals surface area contributed by atoms with Gasteiger partial charge in [-0.2, -0.15) is 0 Å². The SMILES string of the molecule is O=C(NN1CCCCC1)c1ncccc1Br. The summed E-state index contributed by atoms with van der Waals surface area (Å²) >= 11 is 3.32. The van der Waals surface area contributed by atoms with Gasteiger partial charge in [0, 0.05) is 23.8 Å². The Hall–Kier alpha value is -0.940. The standard InChI is InChI=1S/C11H14BrN3O/c12-9-5-4-6-13-10(9)11(16)14-15-7-2-1-3-8-15/h4-6H,1-3,7-8H2,(H,14,16). The number of hydrogen-bond acceptors (Lipinski definition) is 3. The number of carbonyl (C=O) groups is 1. The second-order valence-electron chi connectivity index (χ2n) is 3.82. The normalized spacial score (nSPS) is 17.1. The van der Waals surface area contributed by atoms with E-state index in [1.54, 1.807) is 12.3 Å². The van der Waals surface area contributed by atoms with Crippen molar-refractivity contribution in [3.8, 4) is 0 Å². The van der Waals surface area contributed by atoms with Crippen molar-refractivity contribution in [1.29, 1.82) is 0 Å². The molecule has 16 heavy (non-hydrogen) atoms. The number of pyridine rings is 1. The minimum atomic E-state index is -0.144. The number of nitrogens with zero attached hydrogens (tertiary/aromatic N) is 2. The second kappa shape index (κ2) is 5.41. The van der Waals surface area contributed by atoms with Crippen LogP contribution in [0.5, 0.6) is 0 Å². The summed E-state index contributed by atoms with van der Waals surface area (Å²) in [6.45, 7) is 1.85. The van der Waals surface area contributed by atoms with Gasteiger partial charge in [-0.3, -0.25) is 10.2 Å². The first kappa shape index (κ1) is 11.5. The highest BCUT2D eigenvalue weighted by Gasteiger charge is 2.16. The Morgan fingerprint density at radius 3 is 2.81 bits per heavy atom. The fourth-order valence-corrected chi connectivity index (χ4v) is 2.19. The maximum Gasteiger partial charge on any atom is 0.285 e. The van der Waals surface area contributed by atoms with Gasteiger partial charge in [0.05, 0.1) is 0 Å². The van der Waals surface area contributed by atoms with Crippen LogP contribution in [0.25, 0.3) is 0 Å². The fraction of sp³-hybridized carbons (Fsp3) is 0.455. The molecular formula is C11H14BrN3O. The molecule has 0 saturated carbocycles. The van der Waals surface area contributed by atoms with Gasteiger partial charge < -0.3 is 0 Å². The van der Waals surface area contributed by atoms with Gasteiger partial charge in [0.1, 0.15) is 5.69 Å². The molecule has 4 nitrogen and oxygen atoms in total. The molecule has 0 radical (unpaired) electrons. The number of piperidine rings is 1. The largest absolute Gasteiger partial charge is 0.285 e. The van der Waals surface area contributed by atoms with E-state index in [2.05, 4.69) is 26.3 Å². The second-order valence-corrected chi connectivity index (χ2v) is 4.68. The van der Waals surface area contributed by atoms with E-state index < -0.39 is 0 Å². The lowest BCUT2D eigenvalue weighted by Gasteiger charge is -2.26. The molecule has 5 heteroatoms. The molecule has 1 N–H and O–H groups in total. The van der Waals surface area contributed by atoms with E-state index in [4.69, 9.17) is 0 Å². The monoisotopic (exact) mass is 283 g/mol. The van der Waals surface area contributed by atoms with Crippen LogP contribution in [0.15, 0.2) is 22.8 Å². The van der Waals surface area contributed by atoms with Crippen molar-refractivity contribution >= 4 is 21.8 Å². The Morgan fingerprint density at radius 2 is 2.12 bits per heavy atom. The molecule has 0 spiro atoms. The average Bonchev–Trinajstić information content (AvgIpc) is 2.31. The van der Waals surface area contributed by atoms with Crippen molar-refractivity contribution in [2.75, 3.05) is 13.1 Å². The molecular weight excluding hydrogens is 270 g/mol.